The predicted molar refractivity (Wildman–Crippen MR) is 63.2 cm³/mol. The third-order valence-electron chi connectivity index (χ3n) is 2.69. The number of hydrogen-bond donors (Lipinski definition) is 1. The van der Waals surface area contributed by atoms with Crippen LogP contribution < -0.4 is 10.1 Å². The lowest BCUT2D eigenvalue weighted by molar-refractivity contribution is 0.415. The van der Waals surface area contributed by atoms with Crippen molar-refractivity contribution in [3.63, 3.8) is 0 Å². The van der Waals surface area contributed by atoms with Gasteiger partial charge in [-0.15, -0.1) is 0 Å². The smallest absolute Gasteiger partial charge is 0.119 e. The molecule has 2 heteroatoms. The van der Waals surface area contributed by atoms with E-state index in [1.54, 1.807) is 7.11 Å². The highest BCUT2D eigenvalue weighted by Crippen LogP contribution is 2.21. The fraction of sp³-hybridized carbons (Fsp3) is 0.385. The number of benzene rings is 1. The second-order valence-corrected chi connectivity index (χ2v) is 3.83. The van der Waals surface area contributed by atoms with Crippen molar-refractivity contribution in [3.8, 4) is 5.75 Å². The topological polar surface area (TPSA) is 21.3 Å². The van der Waals surface area contributed by atoms with E-state index < -0.39 is 0 Å². The zero-order valence-corrected chi connectivity index (χ0v) is 9.12. The lowest BCUT2D eigenvalue weighted by Gasteiger charge is -2.15. The van der Waals surface area contributed by atoms with Crippen LogP contribution in [0.25, 0.3) is 0 Å². The van der Waals surface area contributed by atoms with Crippen LogP contribution in [0.15, 0.2) is 36.0 Å². The monoisotopic (exact) mass is 203 g/mol. The zero-order valence-electron chi connectivity index (χ0n) is 9.12. The molecule has 0 unspecified atom stereocenters. The Morgan fingerprint density at radius 3 is 2.53 bits per heavy atom. The van der Waals surface area contributed by atoms with E-state index in [0.29, 0.717) is 0 Å². The number of anilines is 1. The first-order valence-corrected chi connectivity index (χ1v) is 5.48. The summed E-state index contributed by atoms with van der Waals surface area (Å²) in [6.07, 6.45) is 7.31. The number of allylic oxidation sites excluding steroid dienone is 2. The highest BCUT2D eigenvalue weighted by Gasteiger charge is 2.03. The Balaban J connectivity index is 2.00. The van der Waals surface area contributed by atoms with Gasteiger partial charge in [0.05, 0.1) is 7.11 Å². The lowest BCUT2D eigenvalue weighted by Crippen LogP contribution is -2.02. The van der Waals surface area contributed by atoms with Crippen LogP contribution in [0.4, 0.5) is 5.69 Å². The van der Waals surface area contributed by atoms with Gasteiger partial charge in [-0.05, 0) is 49.9 Å². The lowest BCUT2D eigenvalue weighted by atomic mass is 10.0. The van der Waals surface area contributed by atoms with Gasteiger partial charge < -0.3 is 10.1 Å². The largest absolute Gasteiger partial charge is 0.497 e. The summed E-state index contributed by atoms with van der Waals surface area (Å²) in [7, 11) is 1.69. The van der Waals surface area contributed by atoms with Gasteiger partial charge in [0, 0.05) is 11.4 Å². The molecule has 80 valence electrons. The molecule has 15 heavy (non-hydrogen) atoms. The Morgan fingerprint density at radius 1 is 1.13 bits per heavy atom. The maximum atomic E-state index is 5.12. The Morgan fingerprint density at radius 2 is 1.93 bits per heavy atom. The van der Waals surface area contributed by atoms with Gasteiger partial charge in [-0.3, -0.25) is 0 Å². The summed E-state index contributed by atoms with van der Waals surface area (Å²) in [6, 6.07) is 8.06. The van der Waals surface area contributed by atoms with E-state index in [-0.39, 0.29) is 0 Å². The van der Waals surface area contributed by atoms with Crippen molar-refractivity contribution in [1.29, 1.82) is 0 Å². The van der Waals surface area contributed by atoms with E-state index in [0.717, 1.165) is 11.4 Å². The minimum Gasteiger partial charge on any atom is -0.497 e. The maximum absolute atomic E-state index is 5.12. The minimum atomic E-state index is 0.901. The quantitative estimate of drug-likeness (QED) is 0.811. The van der Waals surface area contributed by atoms with Gasteiger partial charge >= 0.3 is 0 Å². The van der Waals surface area contributed by atoms with Gasteiger partial charge in [-0.25, -0.2) is 0 Å². The third kappa shape index (κ3) is 2.75. The molecule has 0 fully saturated rings. The van der Waals surface area contributed by atoms with Gasteiger partial charge in [0.25, 0.3) is 0 Å². The highest BCUT2D eigenvalue weighted by atomic mass is 16.5. The van der Waals surface area contributed by atoms with E-state index in [1.165, 1.54) is 31.4 Å². The van der Waals surface area contributed by atoms with Crippen molar-refractivity contribution in [3.05, 3.63) is 36.0 Å². The Kier molecular flexibility index (Phi) is 3.28. The molecule has 0 spiro atoms. The molecule has 2 rings (SSSR count). The Hall–Kier alpha value is -1.44. The number of ether oxygens (including phenoxy) is 1. The molecule has 1 aromatic rings. The first-order valence-electron chi connectivity index (χ1n) is 5.48. The standard InChI is InChI=1S/C13H17NO/c1-15-13-9-7-12(8-10-13)14-11-5-3-2-4-6-11/h5,7-10,14H,2-4,6H2,1H3. The molecule has 1 N–H and O–H groups in total. The molecular formula is C13H17NO. The highest BCUT2D eigenvalue weighted by molar-refractivity contribution is 5.50. The van der Waals surface area contributed by atoms with E-state index in [4.69, 9.17) is 4.74 Å². The van der Waals surface area contributed by atoms with Crippen LogP contribution in [0.1, 0.15) is 25.7 Å². The summed E-state index contributed by atoms with van der Waals surface area (Å²) < 4.78 is 5.12. The molecule has 1 aliphatic rings. The molecule has 1 aliphatic carbocycles. The predicted octanol–water partition coefficient (Wildman–Crippen LogP) is 3.57. The Bertz CT molecular complexity index is 340. The molecule has 0 bridgehead atoms. The number of rotatable bonds is 3. The summed E-state index contributed by atoms with van der Waals surface area (Å²) in [5.74, 6) is 0.901. The first kappa shape index (κ1) is 10.1. The SMILES string of the molecule is COc1ccc(NC2=CCCCC2)cc1. The molecule has 2 nitrogen and oxygen atoms in total. The second-order valence-electron chi connectivity index (χ2n) is 3.83. The van der Waals surface area contributed by atoms with Crippen molar-refractivity contribution >= 4 is 5.69 Å². The minimum absolute atomic E-state index is 0.901. The maximum Gasteiger partial charge on any atom is 0.119 e. The van der Waals surface area contributed by atoms with Gasteiger partial charge in [0.15, 0.2) is 0 Å². The molecule has 0 saturated heterocycles. The van der Waals surface area contributed by atoms with Crippen LogP contribution in [0, 0.1) is 0 Å². The van der Waals surface area contributed by atoms with E-state index in [9.17, 15) is 0 Å². The second kappa shape index (κ2) is 4.87. The number of hydrogen-bond acceptors (Lipinski definition) is 2. The molecule has 0 atom stereocenters. The summed E-state index contributed by atoms with van der Waals surface area (Å²) in [5, 5.41) is 3.44. The van der Waals surface area contributed by atoms with E-state index in [2.05, 4.69) is 11.4 Å². The van der Waals surface area contributed by atoms with Crippen LogP contribution >= 0.6 is 0 Å². The van der Waals surface area contributed by atoms with Crippen LogP contribution in [-0.4, -0.2) is 7.11 Å². The van der Waals surface area contributed by atoms with Crippen molar-refractivity contribution in [1.82, 2.24) is 0 Å². The molecule has 1 aromatic carbocycles. The summed E-state index contributed by atoms with van der Waals surface area (Å²) in [6.45, 7) is 0. The molecule has 0 saturated carbocycles. The molecule has 0 aromatic heterocycles. The average molecular weight is 203 g/mol. The molecule has 0 radical (unpaired) electrons. The van der Waals surface area contributed by atoms with Crippen LogP contribution in [-0.2, 0) is 0 Å². The molecule has 0 amide bonds. The van der Waals surface area contributed by atoms with E-state index in [1.807, 2.05) is 24.3 Å². The molecule has 0 aliphatic heterocycles. The van der Waals surface area contributed by atoms with Gasteiger partial charge in [0.2, 0.25) is 0 Å². The fourth-order valence-corrected chi connectivity index (χ4v) is 1.81. The fourth-order valence-electron chi connectivity index (χ4n) is 1.81. The van der Waals surface area contributed by atoms with Crippen molar-refractivity contribution < 1.29 is 4.74 Å². The summed E-state index contributed by atoms with van der Waals surface area (Å²) in [5.41, 5.74) is 2.50. The summed E-state index contributed by atoms with van der Waals surface area (Å²) in [4.78, 5) is 0. The number of methoxy groups -OCH3 is 1. The van der Waals surface area contributed by atoms with E-state index >= 15 is 0 Å². The molecular weight excluding hydrogens is 186 g/mol. The van der Waals surface area contributed by atoms with Crippen molar-refractivity contribution in [2.75, 3.05) is 12.4 Å². The van der Waals surface area contributed by atoms with Gasteiger partial charge in [-0.2, -0.15) is 0 Å². The normalized spacial score (nSPS) is 15.7. The molecule has 0 heterocycles. The average Bonchev–Trinajstić information content (AvgIpc) is 2.31. The van der Waals surface area contributed by atoms with Gasteiger partial charge in [-0.1, -0.05) is 6.08 Å². The first-order chi connectivity index (χ1) is 7.38. The third-order valence-corrected chi connectivity index (χ3v) is 2.69. The van der Waals surface area contributed by atoms with Gasteiger partial charge in [0.1, 0.15) is 5.75 Å². The Labute approximate surface area is 91.0 Å². The van der Waals surface area contributed by atoms with Crippen LogP contribution in [0.2, 0.25) is 0 Å². The van der Waals surface area contributed by atoms with Crippen LogP contribution in [0.5, 0.6) is 5.75 Å². The zero-order chi connectivity index (χ0) is 10.5. The number of nitrogens with one attached hydrogen (secondary N) is 1. The van der Waals surface area contributed by atoms with Crippen LogP contribution in [0.3, 0.4) is 0 Å². The van der Waals surface area contributed by atoms with Crippen molar-refractivity contribution in [2.24, 2.45) is 0 Å². The van der Waals surface area contributed by atoms with Crippen molar-refractivity contribution in [2.45, 2.75) is 25.7 Å². The summed E-state index contributed by atoms with van der Waals surface area (Å²) >= 11 is 0.